The Morgan fingerprint density at radius 1 is 1.11 bits per heavy atom. The van der Waals surface area contributed by atoms with Crippen molar-refractivity contribution < 1.29 is 22.3 Å². The number of nitrogens with one attached hydrogen (secondary N) is 1. The summed E-state index contributed by atoms with van der Waals surface area (Å²) in [5.41, 5.74) is 1.33. The molecule has 0 aliphatic heterocycles. The average molecular weight is 408 g/mol. The number of hydrogen-bond acceptors (Lipinski definition) is 4. The van der Waals surface area contributed by atoms with Crippen molar-refractivity contribution in [3.63, 3.8) is 0 Å². The predicted octanol–water partition coefficient (Wildman–Crippen LogP) is 2.87. The topological polar surface area (TPSA) is 75.7 Å². The highest BCUT2D eigenvalue weighted by Crippen LogP contribution is 2.21. The molecule has 0 aromatic heterocycles. The number of hydrogen-bond donors (Lipinski definition) is 1. The number of halogens is 1. The maximum atomic E-state index is 13.2. The van der Waals surface area contributed by atoms with E-state index in [0.29, 0.717) is 5.75 Å². The second-order valence-electron chi connectivity index (χ2n) is 6.74. The minimum Gasteiger partial charge on any atom is -0.491 e. The van der Waals surface area contributed by atoms with Gasteiger partial charge in [-0.05, 0) is 57.2 Å². The van der Waals surface area contributed by atoms with Gasteiger partial charge in [-0.15, -0.1) is 0 Å². The van der Waals surface area contributed by atoms with Crippen LogP contribution in [0.5, 0.6) is 5.75 Å². The molecule has 28 heavy (non-hydrogen) atoms. The molecule has 0 saturated heterocycles. The van der Waals surface area contributed by atoms with Crippen molar-refractivity contribution >= 4 is 21.6 Å². The number of carbonyl (C=O) groups is 1. The van der Waals surface area contributed by atoms with Crippen molar-refractivity contribution in [1.29, 1.82) is 0 Å². The molecule has 0 spiro atoms. The number of ether oxygens (including phenoxy) is 1. The van der Waals surface area contributed by atoms with Crippen LogP contribution in [-0.4, -0.2) is 39.3 Å². The average Bonchev–Trinajstić information content (AvgIpc) is 2.62. The van der Waals surface area contributed by atoms with Gasteiger partial charge in [-0.2, -0.15) is 0 Å². The number of benzene rings is 2. The molecular formula is C20H25FN2O4S. The number of carbonyl (C=O) groups excluding carboxylic acids is 1. The fourth-order valence-electron chi connectivity index (χ4n) is 2.66. The van der Waals surface area contributed by atoms with Crippen LogP contribution in [0.3, 0.4) is 0 Å². The lowest BCUT2D eigenvalue weighted by Crippen LogP contribution is -2.50. The molecule has 0 aliphatic rings. The molecule has 0 saturated carbocycles. The number of aryl methyl sites for hydroxylation is 1. The zero-order valence-corrected chi connectivity index (χ0v) is 17.2. The second-order valence-corrected chi connectivity index (χ2v) is 8.60. The Kier molecular flexibility index (Phi) is 7.01. The minimum absolute atomic E-state index is 0.218. The van der Waals surface area contributed by atoms with Gasteiger partial charge in [-0.3, -0.25) is 9.10 Å². The molecule has 2 aromatic carbocycles. The van der Waals surface area contributed by atoms with Crippen LogP contribution in [0.1, 0.15) is 19.4 Å². The molecule has 0 fully saturated rings. The van der Waals surface area contributed by atoms with E-state index in [1.54, 1.807) is 6.92 Å². The third-order valence-electron chi connectivity index (χ3n) is 4.08. The molecule has 2 rings (SSSR count). The molecule has 1 amide bonds. The predicted molar refractivity (Wildman–Crippen MR) is 107 cm³/mol. The molecule has 2 atom stereocenters. The molecule has 0 unspecified atom stereocenters. The van der Waals surface area contributed by atoms with E-state index in [1.807, 2.05) is 31.2 Å². The lowest BCUT2D eigenvalue weighted by Gasteiger charge is -2.29. The minimum atomic E-state index is -3.75. The number of nitrogens with zero attached hydrogens (tertiary/aromatic N) is 1. The largest absolute Gasteiger partial charge is 0.491 e. The van der Waals surface area contributed by atoms with Gasteiger partial charge in [0.25, 0.3) is 0 Å². The van der Waals surface area contributed by atoms with Crippen molar-refractivity contribution in [2.75, 3.05) is 17.2 Å². The van der Waals surface area contributed by atoms with Crippen molar-refractivity contribution in [1.82, 2.24) is 5.32 Å². The van der Waals surface area contributed by atoms with E-state index in [0.717, 1.165) is 28.3 Å². The third kappa shape index (κ3) is 5.95. The SMILES string of the molecule is Cc1ccc(OC[C@@H](C)NC(=O)[C@H](C)N(c2ccc(F)cc2)S(C)(=O)=O)cc1. The van der Waals surface area contributed by atoms with Gasteiger partial charge in [0.05, 0.1) is 18.0 Å². The monoisotopic (exact) mass is 408 g/mol. The van der Waals surface area contributed by atoms with Crippen molar-refractivity contribution in [2.24, 2.45) is 0 Å². The highest BCUT2D eigenvalue weighted by atomic mass is 32.2. The highest BCUT2D eigenvalue weighted by Gasteiger charge is 2.29. The first-order valence-electron chi connectivity index (χ1n) is 8.82. The lowest BCUT2D eigenvalue weighted by atomic mass is 10.2. The molecule has 0 heterocycles. The van der Waals surface area contributed by atoms with Crippen LogP contribution >= 0.6 is 0 Å². The van der Waals surface area contributed by atoms with Gasteiger partial charge in [0, 0.05) is 0 Å². The molecule has 152 valence electrons. The van der Waals surface area contributed by atoms with Crippen LogP contribution in [0.2, 0.25) is 0 Å². The van der Waals surface area contributed by atoms with Crippen molar-refractivity contribution in [2.45, 2.75) is 32.9 Å². The normalized spacial score (nSPS) is 13.5. The Morgan fingerprint density at radius 2 is 1.68 bits per heavy atom. The van der Waals surface area contributed by atoms with Crippen LogP contribution in [0.25, 0.3) is 0 Å². The summed E-state index contributed by atoms with van der Waals surface area (Å²) in [6, 6.07) is 11.1. The lowest BCUT2D eigenvalue weighted by molar-refractivity contribution is -0.122. The summed E-state index contributed by atoms with van der Waals surface area (Å²) >= 11 is 0. The van der Waals surface area contributed by atoms with E-state index in [1.165, 1.54) is 19.1 Å². The molecule has 1 N–H and O–H groups in total. The molecule has 8 heteroatoms. The summed E-state index contributed by atoms with van der Waals surface area (Å²) in [6.45, 7) is 5.45. The van der Waals surface area contributed by atoms with E-state index in [2.05, 4.69) is 5.32 Å². The third-order valence-corrected chi connectivity index (χ3v) is 5.32. The number of rotatable bonds is 8. The smallest absolute Gasteiger partial charge is 0.243 e. The zero-order valence-electron chi connectivity index (χ0n) is 16.3. The summed E-state index contributed by atoms with van der Waals surface area (Å²) in [5.74, 6) is -0.283. The van der Waals surface area contributed by atoms with Crippen LogP contribution in [0, 0.1) is 12.7 Å². The number of amides is 1. The van der Waals surface area contributed by atoms with Crippen LogP contribution in [-0.2, 0) is 14.8 Å². The summed E-state index contributed by atoms with van der Waals surface area (Å²) < 4.78 is 44.2. The van der Waals surface area contributed by atoms with Gasteiger partial charge in [-0.1, -0.05) is 17.7 Å². The van der Waals surface area contributed by atoms with E-state index >= 15 is 0 Å². The van der Waals surface area contributed by atoms with E-state index in [-0.39, 0.29) is 18.3 Å². The van der Waals surface area contributed by atoms with Gasteiger partial charge in [0.15, 0.2) is 0 Å². The van der Waals surface area contributed by atoms with E-state index < -0.39 is 27.8 Å². The van der Waals surface area contributed by atoms with E-state index in [4.69, 9.17) is 4.74 Å². The molecule has 2 aromatic rings. The quantitative estimate of drug-likeness (QED) is 0.729. The highest BCUT2D eigenvalue weighted by molar-refractivity contribution is 7.92. The van der Waals surface area contributed by atoms with Crippen molar-refractivity contribution in [3.05, 3.63) is 59.9 Å². The van der Waals surface area contributed by atoms with Crippen LogP contribution in [0.4, 0.5) is 10.1 Å². The first-order chi connectivity index (χ1) is 13.1. The molecule has 0 aliphatic carbocycles. The summed E-state index contributed by atoms with van der Waals surface area (Å²) in [5, 5.41) is 2.75. The van der Waals surface area contributed by atoms with Gasteiger partial charge >= 0.3 is 0 Å². The standard InChI is InChI=1S/C20H25FN2O4S/c1-14-5-11-19(12-6-14)27-13-15(2)22-20(24)16(3)23(28(4,25)26)18-9-7-17(21)8-10-18/h5-12,15-16H,13H2,1-4H3,(H,22,24)/t15-,16+/m1/s1. The summed E-state index contributed by atoms with van der Waals surface area (Å²) in [6.07, 6.45) is 1.00. The fourth-order valence-corrected chi connectivity index (χ4v) is 3.83. The molecule has 0 bridgehead atoms. The Labute approximate surface area is 165 Å². The number of sulfonamides is 1. The molecule has 0 radical (unpaired) electrons. The first kappa shape index (κ1) is 21.7. The molecule has 6 nitrogen and oxygen atoms in total. The Bertz CT molecular complexity index is 899. The van der Waals surface area contributed by atoms with Crippen LogP contribution < -0.4 is 14.4 Å². The molecular weight excluding hydrogens is 383 g/mol. The van der Waals surface area contributed by atoms with Gasteiger partial charge < -0.3 is 10.1 Å². The fraction of sp³-hybridized carbons (Fsp3) is 0.350. The Balaban J connectivity index is 2.03. The van der Waals surface area contributed by atoms with Crippen LogP contribution in [0.15, 0.2) is 48.5 Å². The first-order valence-corrected chi connectivity index (χ1v) is 10.7. The number of anilines is 1. The Morgan fingerprint density at radius 3 is 2.21 bits per heavy atom. The van der Waals surface area contributed by atoms with Gasteiger partial charge in [0.2, 0.25) is 15.9 Å². The second kappa shape index (κ2) is 9.05. The maximum absolute atomic E-state index is 13.2. The zero-order chi connectivity index (χ0) is 20.9. The summed E-state index contributed by atoms with van der Waals surface area (Å²) in [4.78, 5) is 12.6. The van der Waals surface area contributed by atoms with Gasteiger partial charge in [-0.25, -0.2) is 12.8 Å². The summed E-state index contributed by atoms with van der Waals surface area (Å²) in [7, 11) is -3.75. The maximum Gasteiger partial charge on any atom is 0.243 e. The Hall–Kier alpha value is -2.61. The van der Waals surface area contributed by atoms with Crippen molar-refractivity contribution in [3.8, 4) is 5.75 Å². The van der Waals surface area contributed by atoms with Gasteiger partial charge in [0.1, 0.15) is 24.2 Å². The van der Waals surface area contributed by atoms with E-state index in [9.17, 15) is 17.6 Å².